The predicted molar refractivity (Wildman–Crippen MR) is 74.0 cm³/mol. The molecule has 1 aliphatic rings. The van der Waals surface area contributed by atoms with Crippen LogP contribution in [0.2, 0.25) is 5.02 Å². The van der Waals surface area contributed by atoms with Gasteiger partial charge in [-0.2, -0.15) is 0 Å². The van der Waals surface area contributed by atoms with Crippen molar-refractivity contribution in [3.8, 4) is 0 Å². The maximum Gasteiger partial charge on any atom is 0.253 e. The minimum Gasteiger partial charge on any atom is -0.341 e. The topological polar surface area (TPSA) is 32.3 Å². The van der Waals surface area contributed by atoms with Gasteiger partial charge in [0.2, 0.25) is 0 Å². The first-order chi connectivity index (χ1) is 9.08. The largest absolute Gasteiger partial charge is 0.341 e. The predicted octanol–water partition coefficient (Wildman–Crippen LogP) is 2.55. The number of hydrogen-bond acceptors (Lipinski definition) is 2. The lowest BCUT2D eigenvalue weighted by atomic mass is 9.99. The molecule has 104 valence electrons. The number of carbonyl (C=O) groups is 1. The number of rotatable bonds is 3. The SMILES string of the molecule is CN(CC1CCCNC1)C(=O)c1ccc(F)c(Cl)c1. The lowest BCUT2D eigenvalue weighted by Gasteiger charge is -2.27. The van der Waals surface area contributed by atoms with Crippen LogP contribution in [0.1, 0.15) is 23.2 Å². The Morgan fingerprint density at radius 1 is 1.58 bits per heavy atom. The third-order valence-corrected chi connectivity index (χ3v) is 3.73. The Labute approximate surface area is 117 Å². The van der Waals surface area contributed by atoms with Crippen LogP contribution in [-0.2, 0) is 0 Å². The number of hydrogen-bond donors (Lipinski definition) is 1. The molecule has 2 rings (SSSR count). The summed E-state index contributed by atoms with van der Waals surface area (Å²) in [6, 6.07) is 4.08. The zero-order chi connectivity index (χ0) is 13.8. The molecule has 19 heavy (non-hydrogen) atoms. The van der Waals surface area contributed by atoms with Crippen molar-refractivity contribution in [1.82, 2.24) is 10.2 Å². The molecule has 0 spiro atoms. The molecule has 1 N–H and O–H groups in total. The van der Waals surface area contributed by atoms with E-state index < -0.39 is 5.82 Å². The maximum absolute atomic E-state index is 13.1. The van der Waals surface area contributed by atoms with Gasteiger partial charge < -0.3 is 10.2 Å². The molecule has 1 atom stereocenters. The van der Waals surface area contributed by atoms with Crippen LogP contribution in [-0.4, -0.2) is 37.5 Å². The molecule has 3 nitrogen and oxygen atoms in total. The van der Waals surface area contributed by atoms with Crippen molar-refractivity contribution in [3.05, 3.63) is 34.6 Å². The molecule has 1 amide bonds. The second-order valence-corrected chi connectivity index (χ2v) is 5.43. The summed E-state index contributed by atoms with van der Waals surface area (Å²) in [4.78, 5) is 13.9. The molecule has 1 heterocycles. The molecule has 1 aliphatic heterocycles. The number of amides is 1. The summed E-state index contributed by atoms with van der Waals surface area (Å²) in [5.74, 6) is -0.136. The van der Waals surface area contributed by atoms with Crippen LogP contribution in [0.5, 0.6) is 0 Å². The van der Waals surface area contributed by atoms with Crippen LogP contribution < -0.4 is 5.32 Å². The van der Waals surface area contributed by atoms with Crippen molar-refractivity contribution >= 4 is 17.5 Å². The molecule has 0 saturated carbocycles. The van der Waals surface area contributed by atoms with Gasteiger partial charge in [-0.15, -0.1) is 0 Å². The summed E-state index contributed by atoms with van der Waals surface area (Å²) in [7, 11) is 1.77. The minimum atomic E-state index is -0.502. The molecule has 0 aliphatic carbocycles. The van der Waals surface area contributed by atoms with E-state index in [2.05, 4.69) is 5.32 Å². The monoisotopic (exact) mass is 284 g/mol. The highest BCUT2D eigenvalue weighted by Crippen LogP contribution is 2.18. The quantitative estimate of drug-likeness (QED) is 0.925. The van der Waals surface area contributed by atoms with Gasteiger partial charge in [-0.3, -0.25) is 4.79 Å². The van der Waals surface area contributed by atoms with Crippen LogP contribution in [0, 0.1) is 11.7 Å². The summed E-state index contributed by atoms with van der Waals surface area (Å²) in [5.41, 5.74) is 0.428. The highest BCUT2D eigenvalue weighted by molar-refractivity contribution is 6.31. The molecule has 5 heteroatoms. The number of nitrogens with zero attached hydrogens (tertiary/aromatic N) is 1. The third-order valence-electron chi connectivity index (χ3n) is 3.44. The zero-order valence-corrected chi connectivity index (χ0v) is 11.7. The Hall–Kier alpha value is -1.13. The van der Waals surface area contributed by atoms with E-state index >= 15 is 0 Å². The van der Waals surface area contributed by atoms with Crippen LogP contribution in [0.3, 0.4) is 0 Å². The molecule has 0 aromatic heterocycles. The summed E-state index contributed by atoms with van der Waals surface area (Å²) >= 11 is 5.70. The Bertz CT molecular complexity index is 461. The summed E-state index contributed by atoms with van der Waals surface area (Å²) in [6.45, 7) is 2.71. The zero-order valence-electron chi connectivity index (χ0n) is 11.0. The molecule has 0 bridgehead atoms. The van der Waals surface area contributed by atoms with Gasteiger partial charge >= 0.3 is 0 Å². The molecule has 1 aromatic carbocycles. The summed E-state index contributed by atoms with van der Waals surface area (Å²) in [6.07, 6.45) is 2.28. The smallest absolute Gasteiger partial charge is 0.253 e. The summed E-state index contributed by atoms with van der Waals surface area (Å²) in [5, 5.41) is 3.31. The van der Waals surface area contributed by atoms with Crippen LogP contribution >= 0.6 is 11.6 Å². The van der Waals surface area contributed by atoms with Crippen molar-refractivity contribution in [3.63, 3.8) is 0 Å². The number of piperidine rings is 1. The average Bonchev–Trinajstić information content (AvgIpc) is 2.42. The molecule has 1 saturated heterocycles. The van der Waals surface area contributed by atoms with Crippen molar-refractivity contribution in [2.75, 3.05) is 26.7 Å². The Kier molecular flexibility index (Phi) is 4.77. The van der Waals surface area contributed by atoms with Crippen LogP contribution in [0.4, 0.5) is 4.39 Å². The molecular formula is C14H18ClFN2O. The van der Waals surface area contributed by atoms with E-state index in [-0.39, 0.29) is 10.9 Å². The second-order valence-electron chi connectivity index (χ2n) is 5.03. The van der Waals surface area contributed by atoms with Crippen LogP contribution in [0.15, 0.2) is 18.2 Å². The van der Waals surface area contributed by atoms with Gasteiger partial charge in [-0.05, 0) is 50.0 Å². The molecule has 1 unspecified atom stereocenters. The molecule has 1 aromatic rings. The lowest BCUT2D eigenvalue weighted by molar-refractivity contribution is 0.0764. The third kappa shape index (κ3) is 3.67. The number of nitrogens with one attached hydrogen (secondary N) is 1. The number of halogens is 2. The fraction of sp³-hybridized carbons (Fsp3) is 0.500. The van der Waals surface area contributed by atoms with Gasteiger partial charge in [-0.25, -0.2) is 4.39 Å². The van der Waals surface area contributed by atoms with E-state index in [1.807, 2.05) is 0 Å². The fourth-order valence-electron chi connectivity index (χ4n) is 2.40. The Morgan fingerprint density at radius 3 is 3.00 bits per heavy atom. The summed E-state index contributed by atoms with van der Waals surface area (Å²) < 4.78 is 13.1. The van der Waals surface area contributed by atoms with Gasteiger partial charge in [0.25, 0.3) is 5.91 Å². The van der Waals surface area contributed by atoms with E-state index in [1.54, 1.807) is 11.9 Å². The highest BCUT2D eigenvalue weighted by Gasteiger charge is 2.19. The fourth-order valence-corrected chi connectivity index (χ4v) is 2.58. The number of carbonyl (C=O) groups excluding carboxylic acids is 1. The molecule has 0 radical (unpaired) electrons. The van der Waals surface area contributed by atoms with E-state index in [0.29, 0.717) is 18.0 Å². The van der Waals surface area contributed by atoms with Crippen molar-refractivity contribution in [2.24, 2.45) is 5.92 Å². The lowest BCUT2D eigenvalue weighted by Crippen LogP contribution is -2.39. The van der Waals surface area contributed by atoms with E-state index in [0.717, 1.165) is 25.9 Å². The Balaban J connectivity index is 1.99. The van der Waals surface area contributed by atoms with Gasteiger partial charge in [-0.1, -0.05) is 11.6 Å². The first-order valence-electron chi connectivity index (χ1n) is 6.49. The van der Waals surface area contributed by atoms with Crippen molar-refractivity contribution < 1.29 is 9.18 Å². The van der Waals surface area contributed by atoms with Gasteiger partial charge in [0.1, 0.15) is 5.82 Å². The highest BCUT2D eigenvalue weighted by atomic mass is 35.5. The van der Waals surface area contributed by atoms with Crippen molar-refractivity contribution in [1.29, 1.82) is 0 Å². The molecular weight excluding hydrogens is 267 g/mol. The first-order valence-corrected chi connectivity index (χ1v) is 6.87. The van der Waals surface area contributed by atoms with Gasteiger partial charge in [0.05, 0.1) is 5.02 Å². The van der Waals surface area contributed by atoms with Crippen LogP contribution in [0.25, 0.3) is 0 Å². The average molecular weight is 285 g/mol. The first kappa shape index (κ1) is 14.3. The second kappa shape index (κ2) is 6.35. The van der Waals surface area contributed by atoms with Gasteiger partial charge in [0, 0.05) is 19.2 Å². The van der Waals surface area contributed by atoms with Gasteiger partial charge in [0.15, 0.2) is 0 Å². The minimum absolute atomic E-state index is 0.0152. The van der Waals surface area contributed by atoms with E-state index in [1.165, 1.54) is 18.2 Å². The van der Waals surface area contributed by atoms with E-state index in [4.69, 9.17) is 11.6 Å². The number of benzene rings is 1. The van der Waals surface area contributed by atoms with E-state index in [9.17, 15) is 9.18 Å². The molecule has 1 fully saturated rings. The maximum atomic E-state index is 13.1. The van der Waals surface area contributed by atoms with Crippen molar-refractivity contribution in [2.45, 2.75) is 12.8 Å². The normalized spacial score (nSPS) is 19.2. The standard InChI is InChI=1S/C14H18ClFN2O/c1-18(9-10-3-2-6-17-8-10)14(19)11-4-5-13(16)12(15)7-11/h4-5,7,10,17H,2-3,6,8-9H2,1H3. The Morgan fingerprint density at radius 2 is 2.37 bits per heavy atom.